The van der Waals surface area contributed by atoms with Crippen molar-refractivity contribution in [2.24, 2.45) is 10.8 Å². The Labute approximate surface area is 110 Å². The van der Waals surface area contributed by atoms with Gasteiger partial charge in [0.25, 0.3) is 0 Å². The Balaban J connectivity index is 2.26. The second-order valence-electron chi connectivity index (χ2n) is 4.06. The number of hydrogen-bond donors (Lipinski definition) is 2. The number of nitrogens with one attached hydrogen (secondary N) is 1. The van der Waals surface area contributed by atoms with Crippen molar-refractivity contribution in [3.05, 3.63) is 48.0 Å². The van der Waals surface area contributed by atoms with E-state index in [4.69, 9.17) is 5.73 Å². The van der Waals surface area contributed by atoms with E-state index in [1.54, 1.807) is 6.92 Å². The maximum absolute atomic E-state index is 11.0. The Morgan fingerprint density at radius 1 is 1.11 bits per heavy atom. The molecule has 3 N–H and O–H groups in total. The van der Waals surface area contributed by atoms with Crippen LogP contribution in [0.25, 0.3) is 10.8 Å². The number of benzene rings is 2. The largest absolute Gasteiger partial charge is 0.361 e. The summed E-state index contributed by atoms with van der Waals surface area (Å²) in [6.45, 7) is 1.74. The molecule has 2 aromatic carbocycles. The molecule has 5 heteroatoms. The Kier molecular flexibility index (Phi) is 3.56. The molecule has 0 aliphatic carbocycles. The van der Waals surface area contributed by atoms with E-state index in [1.165, 1.54) is 0 Å². The second kappa shape index (κ2) is 5.30. The third-order valence-electron chi connectivity index (χ3n) is 2.72. The van der Waals surface area contributed by atoms with Crippen LogP contribution < -0.4 is 11.2 Å². The topological polar surface area (TPSA) is 84.6 Å². The van der Waals surface area contributed by atoms with Crippen LogP contribution in [0.2, 0.25) is 0 Å². The third-order valence-corrected chi connectivity index (χ3v) is 2.72. The summed E-state index contributed by atoms with van der Waals surface area (Å²) < 4.78 is 0. The fraction of sp³-hybridized carbons (Fsp3) is 0.0714. The molecule has 0 radical (unpaired) electrons. The molecule has 0 atom stereocenters. The number of primary amides is 1. The second-order valence-corrected chi connectivity index (χ2v) is 4.06. The van der Waals surface area contributed by atoms with Crippen LogP contribution in [0.5, 0.6) is 0 Å². The first-order chi connectivity index (χ1) is 9.08. The van der Waals surface area contributed by atoms with Gasteiger partial charge in [0.1, 0.15) is 0 Å². The van der Waals surface area contributed by atoms with Crippen molar-refractivity contribution >= 4 is 28.3 Å². The van der Waals surface area contributed by atoms with Crippen LogP contribution in [0.1, 0.15) is 12.5 Å². The molecular weight excluding hydrogens is 242 g/mol. The monoisotopic (exact) mass is 255 g/mol. The predicted molar refractivity (Wildman–Crippen MR) is 73.5 cm³/mol. The Hall–Kier alpha value is -2.69. The number of rotatable bonds is 2. The minimum absolute atomic E-state index is 0.598. The fourth-order valence-electron chi connectivity index (χ4n) is 1.67. The molecule has 2 rings (SSSR count). The highest BCUT2D eigenvalue weighted by Gasteiger charge is 2.07. The van der Waals surface area contributed by atoms with E-state index < -0.39 is 11.8 Å². The van der Waals surface area contributed by atoms with Crippen LogP contribution in [0.3, 0.4) is 0 Å². The molecule has 0 aliphatic heterocycles. The molecule has 5 nitrogen and oxygen atoms in total. The lowest BCUT2D eigenvalue weighted by Crippen LogP contribution is -2.33. The zero-order valence-electron chi connectivity index (χ0n) is 10.4. The van der Waals surface area contributed by atoms with E-state index in [9.17, 15) is 9.59 Å². The first-order valence-corrected chi connectivity index (χ1v) is 5.71. The molecule has 0 aromatic heterocycles. The summed E-state index contributed by atoms with van der Waals surface area (Å²) in [5, 5.41) is 6.04. The maximum atomic E-state index is 11.0. The molecule has 2 amide bonds. The maximum Gasteiger partial charge on any atom is 0.329 e. The number of nitrogens with two attached hydrogens (primary N) is 1. The first-order valence-electron chi connectivity index (χ1n) is 5.71. The van der Waals surface area contributed by atoms with E-state index in [0.29, 0.717) is 5.71 Å². The number of hydrazone groups is 1. The summed E-state index contributed by atoms with van der Waals surface area (Å²) in [5.41, 5.74) is 8.38. The van der Waals surface area contributed by atoms with Gasteiger partial charge in [-0.2, -0.15) is 5.10 Å². The summed E-state index contributed by atoms with van der Waals surface area (Å²) in [5.74, 6) is -1.99. The van der Waals surface area contributed by atoms with Crippen molar-refractivity contribution < 1.29 is 9.59 Å². The zero-order valence-corrected chi connectivity index (χ0v) is 10.4. The van der Waals surface area contributed by atoms with Crippen LogP contribution in [-0.2, 0) is 9.59 Å². The number of carbonyl (C=O) groups excluding carboxylic acids is 2. The number of hydrogen-bond acceptors (Lipinski definition) is 3. The minimum Gasteiger partial charge on any atom is -0.361 e. The smallest absolute Gasteiger partial charge is 0.329 e. The van der Waals surface area contributed by atoms with E-state index in [2.05, 4.69) is 10.5 Å². The summed E-state index contributed by atoms with van der Waals surface area (Å²) in [6.07, 6.45) is 0. The van der Waals surface area contributed by atoms with Gasteiger partial charge in [-0.3, -0.25) is 9.59 Å². The molecule has 0 bridgehead atoms. The third kappa shape index (κ3) is 2.95. The molecule has 2 aromatic rings. The Morgan fingerprint density at radius 3 is 2.47 bits per heavy atom. The van der Waals surface area contributed by atoms with E-state index in [-0.39, 0.29) is 0 Å². The van der Waals surface area contributed by atoms with Crippen molar-refractivity contribution in [2.75, 3.05) is 0 Å². The summed E-state index contributed by atoms with van der Waals surface area (Å²) in [4.78, 5) is 21.6. The van der Waals surface area contributed by atoms with Gasteiger partial charge in [0.2, 0.25) is 0 Å². The quantitative estimate of drug-likeness (QED) is 0.479. The van der Waals surface area contributed by atoms with Crippen LogP contribution in [-0.4, -0.2) is 17.5 Å². The first kappa shape index (κ1) is 12.8. The number of fused-ring (bicyclic) bond motifs is 1. The molecule has 0 unspecified atom stereocenters. The standard InChI is InChI=1S/C14H13N3O2/c1-9(16-17-14(19)13(15)18)11-7-6-10-4-2-3-5-12(10)8-11/h2-8H,1H3,(H2,15,18)(H,17,19). The summed E-state index contributed by atoms with van der Waals surface area (Å²) >= 11 is 0. The van der Waals surface area contributed by atoms with Crippen LogP contribution in [0.4, 0.5) is 0 Å². The van der Waals surface area contributed by atoms with Gasteiger partial charge in [-0.25, -0.2) is 5.43 Å². The highest BCUT2D eigenvalue weighted by atomic mass is 16.2. The van der Waals surface area contributed by atoms with Gasteiger partial charge >= 0.3 is 11.8 Å². The molecular formula is C14H13N3O2. The van der Waals surface area contributed by atoms with Crippen molar-refractivity contribution in [3.63, 3.8) is 0 Å². The van der Waals surface area contributed by atoms with E-state index >= 15 is 0 Å². The fourth-order valence-corrected chi connectivity index (χ4v) is 1.67. The van der Waals surface area contributed by atoms with Gasteiger partial charge in [0.15, 0.2) is 0 Å². The van der Waals surface area contributed by atoms with Gasteiger partial charge in [0, 0.05) is 0 Å². The molecule has 0 aliphatic rings. The number of nitrogens with zero attached hydrogens (tertiary/aromatic N) is 1. The van der Waals surface area contributed by atoms with Gasteiger partial charge in [-0.15, -0.1) is 0 Å². The Morgan fingerprint density at radius 2 is 1.79 bits per heavy atom. The van der Waals surface area contributed by atoms with Crippen molar-refractivity contribution in [1.29, 1.82) is 0 Å². The average molecular weight is 255 g/mol. The predicted octanol–water partition coefficient (Wildman–Crippen LogP) is 1.17. The van der Waals surface area contributed by atoms with Crippen LogP contribution in [0.15, 0.2) is 47.6 Å². The highest BCUT2D eigenvalue weighted by molar-refractivity contribution is 6.34. The van der Waals surface area contributed by atoms with Gasteiger partial charge in [0.05, 0.1) is 5.71 Å². The molecule has 0 spiro atoms. The SMILES string of the molecule is CC(=NNC(=O)C(N)=O)c1ccc2ccccc2c1. The molecule has 0 saturated heterocycles. The summed E-state index contributed by atoms with van der Waals surface area (Å²) in [7, 11) is 0. The molecule has 19 heavy (non-hydrogen) atoms. The lowest BCUT2D eigenvalue weighted by atomic mass is 10.0. The molecule has 0 heterocycles. The van der Waals surface area contributed by atoms with Crippen molar-refractivity contribution in [3.8, 4) is 0 Å². The molecule has 0 fully saturated rings. The van der Waals surface area contributed by atoms with Crippen LogP contribution in [0, 0.1) is 0 Å². The van der Waals surface area contributed by atoms with Crippen molar-refractivity contribution in [1.82, 2.24) is 5.43 Å². The molecule has 0 saturated carbocycles. The zero-order chi connectivity index (χ0) is 13.8. The van der Waals surface area contributed by atoms with Gasteiger partial charge < -0.3 is 5.73 Å². The van der Waals surface area contributed by atoms with Gasteiger partial charge in [-0.05, 0) is 29.3 Å². The van der Waals surface area contributed by atoms with Crippen LogP contribution >= 0.6 is 0 Å². The minimum atomic E-state index is -1.06. The normalized spacial score (nSPS) is 11.3. The lowest BCUT2D eigenvalue weighted by Gasteiger charge is -2.03. The Bertz CT molecular complexity index is 677. The average Bonchev–Trinajstić information content (AvgIpc) is 2.43. The van der Waals surface area contributed by atoms with E-state index in [1.807, 2.05) is 42.5 Å². The van der Waals surface area contributed by atoms with E-state index in [0.717, 1.165) is 16.3 Å². The lowest BCUT2D eigenvalue weighted by molar-refractivity contribution is -0.137. The number of carbonyl (C=O) groups is 2. The number of amides is 2. The highest BCUT2D eigenvalue weighted by Crippen LogP contribution is 2.15. The van der Waals surface area contributed by atoms with Crippen molar-refractivity contribution in [2.45, 2.75) is 6.92 Å². The summed E-state index contributed by atoms with van der Waals surface area (Å²) in [6, 6.07) is 13.8. The van der Waals surface area contributed by atoms with Gasteiger partial charge in [-0.1, -0.05) is 36.4 Å². The molecule has 96 valence electrons.